The molecule has 0 aromatic heterocycles. The Balaban J connectivity index is 1.81. The van der Waals surface area contributed by atoms with E-state index in [9.17, 15) is 9.59 Å². The van der Waals surface area contributed by atoms with Gasteiger partial charge in [0.2, 0.25) is 5.91 Å². The number of thioether (sulfide) groups is 1. The van der Waals surface area contributed by atoms with E-state index in [0.717, 1.165) is 14.2 Å². The molecule has 0 atom stereocenters. The number of rotatable bonds is 2. The summed E-state index contributed by atoms with van der Waals surface area (Å²) in [5.74, 6) is 0.191. The van der Waals surface area contributed by atoms with Crippen LogP contribution in [0.3, 0.4) is 0 Å². The molecule has 2 N–H and O–H groups in total. The molecule has 0 radical (unpaired) electrons. The van der Waals surface area contributed by atoms with Crippen molar-refractivity contribution in [3.8, 4) is 0 Å². The van der Waals surface area contributed by atoms with Gasteiger partial charge < -0.3 is 10.6 Å². The predicted molar refractivity (Wildman–Crippen MR) is 97.6 cm³/mol. The lowest BCUT2D eigenvalue weighted by Gasteiger charge is -2.17. The van der Waals surface area contributed by atoms with Crippen LogP contribution in [0, 0.1) is 10.5 Å². The zero-order valence-electron chi connectivity index (χ0n) is 11.8. The van der Waals surface area contributed by atoms with Gasteiger partial charge in [0, 0.05) is 19.7 Å². The Morgan fingerprint density at radius 2 is 2.09 bits per heavy atom. The molecule has 1 aliphatic rings. The second-order valence-corrected chi connectivity index (χ2v) is 7.15. The second kappa shape index (κ2) is 6.29. The summed E-state index contributed by atoms with van der Waals surface area (Å²) in [6, 6.07) is 11.1. The van der Waals surface area contributed by atoms with Crippen LogP contribution in [0.1, 0.15) is 15.9 Å². The van der Waals surface area contributed by atoms with Gasteiger partial charge in [0.25, 0.3) is 5.91 Å². The smallest absolute Gasteiger partial charge is 0.255 e. The molecule has 22 heavy (non-hydrogen) atoms. The number of halogens is 1. The van der Waals surface area contributed by atoms with Crippen molar-refractivity contribution in [1.82, 2.24) is 0 Å². The maximum Gasteiger partial charge on any atom is 0.255 e. The van der Waals surface area contributed by atoms with Crippen LogP contribution in [0.25, 0.3) is 0 Å². The summed E-state index contributed by atoms with van der Waals surface area (Å²) in [5, 5.41) is 5.68. The number of carbonyl (C=O) groups excluding carboxylic acids is 2. The van der Waals surface area contributed by atoms with Crippen LogP contribution in [0.5, 0.6) is 0 Å². The summed E-state index contributed by atoms with van der Waals surface area (Å²) in [7, 11) is 0. The van der Waals surface area contributed by atoms with E-state index in [4.69, 9.17) is 0 Å². The molecule has 3 rings (SSSR count). The van der Waals surface area contributed by atoms with Crippen molar-refractivity contribution in [3.05, 3.63) is 51.1 Å². The van der Waals surface area contributed by atoms with Gasteiger partial charge in [-0.2, -0.15) is 0 Å². The Kier molecular flexibility index (Phi) is 4.39. The van der Waals surface area contributed by atoms with Crippen molar-refractivity contribution in [3.63, 3.8) is 0 Å². The van der Waals surface area contributed by atoms with Gasteiger partial charge in [-0.25, -0.2) is 0 Å². The number of nitrogens with one attached hydrogen (secondary N) is 2. The number of fused-ring (bicyclic) bond motifs is 1. The van der Waals surface area contributed by atoms with Gasteiger partial charge in [0.15, 0.2) is 0 Å². The summed E-state index contributed by atoms with van der Waals surface area (Å²) >= 11 is 3.72. The number of benzene rings is 2. The fourth-order valence-electron chi connectivity index (χ4n) is 2.10. The molecule has 4 nitrogen and oxygen atoms in total. The molecule has 0 fully saturated rings. The second-order valence-electron chi connectivity index (χ2n) is 4.97. The standard InChI is InChI=1S/C16H13IN2O2S/c1-9-2-4-11(7-12(9)17)18-16(21)10-3-5-14-13(6-10)19-15(20)8-22-14/h2-7H,8H2,1H3,(H,18,21)(H,19,20). The van der Waals surface area contributed by atoms with E-state index in [0.29, 0.717) is 17.0 Å². The number of hydrogen-bond donors (Lipinski definition) is 2. The largest absolute Gasteiger partial charge is 0.324 e. The van der Waals surface area contributed by atoms with Crippen LogP contribution >= 0.6 is 34.4 Å². The maximum atomic E-state index is 12.3. The highest BCUT2D eigenvalue weighted by atomic mass is 127. The summed E-state index contributed by atoms with van der Waals surface area (Å²) in [5.41, 5.74) is 3.16. The molecule has 0 unspecified atom stereocenters. The minimum Gasteiger partial charge on any atom is -0.324 e. The zero-order chi connectivity index (χ0) is 15.7. The normalized spacial score (nSPS) is 13.3. The molecule has 2 aromatic carbocycles. The number of amides is 2. The van der Waals surface area contributed by atoms with Gasteiger partial charge in [-0.15, -0.1) is 11.8 Å². The van der Waals surface area contributed by atoms with E-state index < -0.39 is 0 Å². The predicted octanol–water partition coefficient (Wildman–Crippen LogP) is 3.90. The summed E-state index contributed by atoms with van der Waals surface area (Å²) in [6.07, 6.45) is 0. The van der Waals surface area contributed by atoms with Gasteiger partial charge in [0.1, 0.15) is 0 Å². The SMILES string of the molecule is Cc1ccc(NC(=O)c2ccc3c(c2)NC(=O)CS3)cc1I. The average Bonchev–Trinajstić information content (AvgIpc) is 2.50. The molecule has 0 aliphatic carbocycles. The van der Waals surface area contributed by atoms with Crippen molar-refractivity contribution < 1.29 is 9.59 Å². The van der Waals surface area contributed by atoms with Crippen LogP contribution < -0.4 is 10.6 Å². The average molecular weight is 424 g/mol. The van der Waals surface area contributed by atoms with Crippen molar-refractivity contribution in [2.24, 2.45) is 0 Å². The Morgan fingerprint density at radius 3 is 2.86 bits per heavy atom. The Labute approximate surface area is 146 Å². The fraction of sp³-hybridized carbons (Fsp3) is 0.125. The molecule has 2 aromatic rings. The molecule has 0 bridgehead atoms. The van der Waals surface area contributed by atoms with E-state index in [1.165, 1.54) is 17.3 Å². The van der Waals surface area contributed by atoms with Crippen molar-refractivity contribution in [2.75, 3.05) is 16.4 Å². The first-order valence-electron chi connectivity index (χ1n) is 6.67. The monoisotopic (exact) mass is 424 g/mol. The van der Waals surface area contributed by atoms with Crippen molar-refractivity contribution >= 4 is 57.5 Å². The lowest BCUT2D eigenvalue weighted by molar-refractivity contribution is -0.113. The van der Waals surface area contributed by atoms with Crippen molar-refractivity contribution in [1.29, 1.82) is 0 Å². The van der Waals surface area contributed by atoms with Crippen LogP contribution in [0.4, 0.5) is 11.4 Å². The van der Waals surface area contributed by atoms with E-state index in [1.54, 1.807) is 12.1 Å². The topological polar surface area (TPSA) is 58.2 Å². The van der Waals surface area contributed by atoms with Gasteiger partial charge >= 0.3 is 0 Å². The summed E-state index contributed by atoms with van der Waals surface area (Å²) in [4.78, 5) is 24.8. The first kappa shape index (κ1) is 15.4. The van der Waals surface area contributed by atoms with Gasteiger partial charge in [0.05, 0.1) is 11.4 Å². The minimum absolute atomic E-state index is 0.0388. The molecular weight excluding hydrogens is 411 g/mol. The molecule has 6 heteroatoms. The summed E-state index contributed by atoms with van der Waals surface area (Å²) < 4.78 is 1.10. The number of hydrogen-bond acceptors (Lipinski definition) is 3. The molecule has 0 saturated heterocycles. The highest BCUT2D eigenvalue weighted by Crippen LogP contribution is 2.32. The zero-order valence-corrected chi connectivity index (χ0v) is 14.7. The molecule has 112 valence electrons. The lowest BCUT2D eigenvalue weighted by atomic mass is 10.1. The minimum atomic E-state index is -0.188. The van der Waals surface area contributed by atoms with Gasteiger partial charge in [-0.1, -0.05) is 6.07 Å². The first-order chi connectivity index (χ1) is 10.5. The third-order valence-corrected chi connectivity index (χ3v) is 5.54. The Morgan fingerprint density at radius 1 is 1.27 bits per heavy atom. The van der Waals surface area contributed by atoms with Gasteiger partial charge in [-0.3, -0.25) is 9.59 Å². The summed E-state index contributed by atoms with van der Waals surface area (Å²) in [6.45, 7) is 2.03. The quantitative estimate of drug-likeness (QED) is 0.720. The highest BCUT2D eigenvalue weighted by molar-refractivity contribution is 14.1. The number of aryl methyl sites for hydroxylation is 1. The number of carbonyl (C=O) groups is 2. The van der Waals surface area contributed by atoms with E-state index >= 15 is 0 Å². The van der Waals surface area contributed by atoms with Gasteiger partial charge in [-0.05, 0) is 65.4 Å². The maximum absolute atomic E-state index is 12.3. The molecule has 0 saturated carbocycles. The van der Waals surface area contributed by atoms with Crippen molar-refractivity contribution in [2.45, 2.75) is 11.8 Å². The highest BCUT2D eigenvalue weighted by Gasteiger charge is 2.17. The number of anilines is 2. The van der Waals surface area contributed by atoms with Crippen LogP contribution in [0.15, 0.2) is 41.3 Å². The van der Waals surface area contributed by atoms with E-state index in [1.807, 2.05) is 31.2 Å². The third kappa shape index (κ3) is 3.27. The molecule has 1 aliphatic heterocycles. The molecule has 2 amide bonds. The van der Waals surface area contributed by atoms with Crippen LogP contribution in [-0.4, -0.2) is 17.6 Å². The lowest BCUT2D eigenvalue weighted by Crippen LogP contribution is -2.19. The third-order valence-electron chi connectivity index (χ3n) is 3.30. The van der Waals surface area contributed by atoms with Crippen LogP contribution in [-0.2, 0) is 4.79 Å². The van der Waals surface area contributed by atoms with E-state index in [2.05, 4.69) is 33.2 Å². The fourth-order valence-corrected chi connectivity index (χ4v) is 3.40. The van der Waals surface area contributed by atoms with E-state index in [-0.39, 0.29) is 11.8 Å². The molecule has 0 spiro atoms. The van der Waals surface area contributed by atoms with Crippen LogP contribution in [0.2, 0.25) is 0 Å². The first-order valence-corrected chi connectivity index (χ1v) is 8.73. The molecule has 1 heterocycles. The molecular formula is C16H13IN2O2S. The Hall–Kier alpha value is -1.54. The Bertz CT molecular complexity index is 777.